The van der Waals surface area contributed by atoms with E-state index in [0.717, 1.165) is 42.0 Å². The molecule has 2 aromatic rings. The van der Waals surface area contributed by atoms with Crippen LogP contribution in [0.4, 0.5) is 0 Å². The van der Waals surface area contributed by atoms with Gasteiger partial charge in [0.15, 0.2) is 0 Å². The second-order valence-corrected chi connectivity index (χ2v) is 7.45. The number of nitrogens with zero attached hydrogens (tertiary/aromatic N) is 1. The summed E-state index contributed by atoms with van der Waals surface area (Å²) in [6, 6.07) is 13.5. The predicted octanol–water partition coefficient (Wildman–Crippen LogP) is 4.37. The molecule has 1 amide bonds. The first kappa shape index (κ1) is 20.5. The number of benzene rings is 2. The van der Waals surface area contributed by atoms with E-state index in [9.17, 15) is 4.79 Å². The minimum atomic E-state index is -0.141. The second-order valence-electron chi connectivity index (χ2n) is 7.05. The van der Waals surface area contributed by atoms with E-state index in [2.05, 4.69) is 10.2 Å². The molecule has 6 heteroatoms. The number of amides is 1. The summed E-state index contributed by atoms with van der Waals surface area (Å²) >= 11 is 6.25. The lowest BCUT2D eigenvalue weighted by Gasteiger charge is -2.26. The molecule has 28 heavy (non-hydrogen) atoms. The molecule has 0 radical (unpaired) electrons. The largest absolute Gasteiger partial charge is 0.497 e. The second kappa shape index (κ2) is 9.30. The van der Waals surface area contributed by atoms with Gasteiger partial charge in [0.05, 0.1) is 26.8 Å². The number of hydrogen-bond acceptors (Lipinski definition) is 4. The van der Waals surface area contributed by atoms with Crippen molar-refractivity contribution in [3.8, 4) is 11.5 Å². The molecule has 5 nitrogen and oxygen atoms in total. The normalized spacial score (nSPS) is 17.9. The van der Waals surface area contributed by atoms with Gasteiger partial charge in [-0.3, -0.25) is 9.69 Å². The standard InChI is InChI=1S/C22H27ClN2O3/c1-15(17-7-4-5-8-19(17)23)24-22(26)14-25-12-6-9-20(25)18-11-10-16(27-2)13-21(18)28-3/h4-5,7-8,10-11,13,15,20H,6,9,12,14H2,1-3H3,(H,24,26). The highest BCUT2D eigenvalue weighted by Gasteiger charge is 2.30. The number of carbonyl (C=O) groups excluding carboxylic acids is 1. The van der Waals surface area contributed by atoms with Crippen LogP contribution in [0.1, 0.15) is 43.0 Å². The summed E-state index contributed by atoms with van der Waals surface area (Å²) in [5.41, 5.74) is 2.01. The molecular weight excluding hydrogens is 376 g/mol. The Labute approximate surface area is 171 Å². The van der Waals surface area contributed by atoms with Crippen LogP contribution in [0.15, 0.2) is 42.5 Å². The van der Waals surface area contributed by atoms with Gasteiger partial charge in [-0.1, -0.05) is 35.9 Å². The molecule has 1 saturated heterocycles. The molecule has 2 unspecified atom stereocenters. The van der Waals surface area contributed by atoms with Crippen molar-refractivity contribution in [2.24, 2.45) is 0 Å². The van der Waals surface area contributed by atoms with Gasteiger partial charge in [0.25, 0.3) is 0 Å². The van der Waals surface area contributed by atoms with E-state index in [4.69, 9.17) is 21.1 Å². The average molecular weight is 403 g/mol. The molecule has 1 aliphatic heterocycles. The molecule has 1 heterocycles. The maximum Gasteiger partial charge on any atom is 0.234 e. The topological polar surface area (TPSA) is 50.8 Å². The molecule has 0 spiro atoms. The summed E-state index contributed by atoms with van der Waals surface area (Å²) in [6.45, 7) is 3.18. The molecule has 0 saturated carbocycles. The Balaban J connectivity index is 1.68. The van der Waals surface area contributed by atoms with Crippen molar-refractivity contribution in [1.82, 2.24) is 10.2 Å². The summed E-state index contributed by atoms with van der Waals surface area (Å²) < 4.78 is 10.9. The lowest BCUT2D eigenvalue weighted by atomic mass is 10.0. The maximum atomic E-state index is 12.7. The molecule has 0 bridgehead atoms. The highest BCUT2D eigenvalue weighted by Crippen LogP contribution is 2.38. The van der Waals surface area contributed by atoms with Gasteiger partial charge in [-0.15, -0.1) is 0 Å². The van der Waals surface area contributed by atoms with Crippen molar-refractivity contribution in [1.29, 1.82) is 0 Å². The van der Waals surface area contributed by atoms with Crippen LogP contribution in [0.25, 0.3) is 0 Å². The predicted molar refractivity (Wildman–Crippen MR) is 111 cm³/mol. The quantitative estimate of drug-likeness (QED) is 0.747. The zero-order chi connectivity index (χ0) is 20.1. The summed E-state index contributed by atoms with van der Waals surface area (Å²) in [6.07, 6.45) is 2.04. The van der Waals surface area contributed by atoms with Crippen LogP contribution >= 0.6 is 11.6 Å². The Morgan fingerprint density at radius 3 is 2.75 bits per heavy atom. The first-order valence-electron chi connectivity index (χ1n) is 9.53. The number of nitrogens with one attached hydrogen (secondary N) is 1. The SMILES string of the molecule is COc1ccc(C2CCCN2CC(=O)NC(C)c2ccccc2Cl)c(OC)c1. The summed E-state index contributed by atoms with van der Waals surface area (Å²) in [4.78, 5) is 14.9. The molecule has 2 aromatic carbocycles. The Bertz CT molecular complexity index is 827. The average Bonchev–Trinajstić information content (AvgIpc) is 3.15. The van der Waals surface area contributed by atoms with Gasteiger partial charge >= 0.3 is 0 Å². The van der Waals surface area contributed by atoms with Gasteiger partial charge in [-0.25, -0.2) is 0 Å². The fraction of sp³-hybridized carbons (Fsp3) is 0.409. The molecule has 1 N–H and O–H groups in total. The monoisotopic (exact) mass is 402 g/mol. The molecule has 0 aliphatic carbocycles. The maximum absolute atomic E-state index is 12.7. The Hall–Kier alpha value is -2.24. The van der Waals surface area contributed by atoms with Crippen molar-refractivity contribution in [2.45, 2.75) is 31.8 Å². The van der Waals surface area contributed by atoms with E-state index in [1.807, 2.05) is 49.4 Å². The van der Waals surface area contributed by atoms with Crippen molar-refractivity contribution >= 4 is 17.5 Å². The Morgan fingerprint density at radius 1 is 1.25 bits per heavy atom. The number of halogens is 1. The lowest BCUT2D eigenvalue weighted by molar-refractivity contribution is -0.123. The van der Waals surface area contributed by atoms with E-state index in [1.54, 1.807) is 14.2 Å². The van der Waals surface area contributed by atoms with Gasteiger partial charge in [0.1, 0.15) is 11.5 Å². The third kappa shape index (κ3) is 4.59. The number of hydrogen-bond donors (Lipinski definition) is 1. The molecule has 3 rings (SSSR count). The van der Waals surface area contributed by atoms with E-state index in [0.29, 0.717) is 11.6 Å². The van der Waals surface area contributed by atoms with Crippen molar-refractivity contribution in [3.05, 3.63) is 58.6 Å². The number of likely N-dealkylation sites (tertiary alicyclic amines) is 1. The molecule has 150 valence electrons. The first-order chi connectivity index (χ1) is 13.5. The lowest BCUT2D eigenvalue weighted by Crippen LogP contribution is -2.38. The van der Waals surface area contributed by atoms with Crippen molar-refractivity contribution in [2.75, 3.05) is 27.3 Å². The third-order valence-electron chi connectivity index (χ3n) is 5.26. The first-order valence-corrected chi connectivity index (χ1v) is 9.91. The van der Waals surface area contributed by atoms with Gasteiger partial charge in [0, 0.05) is 22.7 Å². The Morgan fingerprint density at radius 2 is 2.04 bits per heavy atom. The fourth-order valence-corrected chi connectivity index (χ4v) is 4.14. The fourth-order valence-electron chi connectivity index (χ4n) is 3.84. The smallest absolute Gasteiger partial charge is 0.234 e. The van der Waals surface area contributed by atoms with Gasteiger partial charge in [0.2, 0.25) is 5.91 Å². The van der Waals surface area contributed by atoms with Crippen LogP contribution in [-0.4, -0.2) is 38.1 Å². The highest BCUT2D eigenvalue weighted by atomic mass is 35.5. The highest BCUT2D eigenvalue weighted by molar-refractivity contribution is 6.31. The minimum absolute atomic E-state index is 0.00759. The van der Waals surface area contributed by atoms with Crippen LogP contribution in [0.3, 0.4) is 0 Å². The van der Waals surface area contributed by atoms with E-state index < -0.39 is 0 Å². The molecule has 1 aliphatic rings. The zero-order valence-electron chi connectivity index (χ0n) is 16.6. The van der Waals surface area contributed by atoms with Crippen LogP contribution in [0.5, 0.6) is 11.5 Å². The molecular formula is C22H27ClN2O3. The van der Waals surface area contributed by atoms with Gasteiger partial charge in [-0.05, 0) is 44.0 Å². The van der Waals surface area contributed by atoms with Gasteiger partial charge < -0.3 is 14.8 Å². The zero-order valence-corrected chi connectivity index (χ0v) is 17.3. The van der Waals surface area contributed by atoms with Gasteiger partial charge in [-0.2, -0.15) is 0 Å². The summed E-state index contributed by atoms with van der Waals surface area (Å²) in [5, 5.41) is 3.73. The number of rotatable bonds is 7. The molecule has 0 aromatic heterocycles. The summed E-state index contributed by atoms with van der Waals surface area (Å²) in [5.74, 6) is 1.55. The number of carbonyl (C=O) groups is 1. The van der Waals surface area contributed by atoms with Crippen LogP contribution in [0.2, 0.25) is 5.02 Å². The third-order valence-corrected chi connectivity index (χ3v) is 5.60. The van der Waals surface area contributed by atoms with Crippen molar-refractivity contribution in [3.63, 3.8) is 0 Å². The van der Waals surface area contributed by atoms with Crippen LogP contribution in [0, 0.1) is 0 Å². The molecule has 1 fully saturated rings. The minimum Gasteiger partial charge on any atom is -0.497 e. The van der Waals surface area contributed by atoms with Crippen LogP contribution in [-0.2, 0) is 4.79 Å². The summed E-state index contributed by atoms with van der Waals surface area (Å²) in [7, 11) is 3.30. The van der Waals surface area contributed by atoms with E-state index in [-0.39, 0.29) is 18.0 Å². The number of methoxy groups -OCH3 is 2. The Kier molecular flexibility index (Phi) is 6.81. The van der Waals surface area contributed by atoms with Crippen molar-refractivity contribution < 1.29 is 14.3 Å². The van der Waals surface area contributed by atoms with Crippen LogP contribution < -0.4 is 14.8 Å². The molecule has 2 atom stereocenters. The van der Waals surface area contributed by atoms with E-state index in [1.165, 1.54) is 0 Å². The number of ether oxygens (including phenoxy) is 2. The van der Waals surface area contributed by atoms with E-state index >= 15 is 0 Å².